The van der Waals surface area contributed by atoms with Crippen molar-refractivity contribution in [1.82, 2.24) is 4.72 Å². The number of carbonyl (C=O) groups excluding carboxylic acids is 1. The van der Waals surface area contributed by atoms with Crippen molar-refractivity contribution in [1.29, 1.82) is 0 Å². The van der Waals surface area contributed by atoms with Crippen LogP contribution in [0.1, 0.15) is 77.6 Å². The van der Waals surface area contributed by atoms with Crippen LogP contribution in [0.4, 0.5) is 0 Å². The number of rotatable bonds is 15. The molecule has 5 nitrogen and oxygen atoms in total. The summed E-state index contributed by atoms with van der Waals surface area (Å²) in [5.74, 6) is -1.16. The minimum atomic E-state index is -3.33. The van der Waals surface area contributed by atoms with Crippen molar-refractivity contribution in [2.75, 3.05) is 12.3 Å². The van der Waals surface area contributed by atoms with E-state index in [4.69, 9.17) is 0 Å². The third kappa shape index (κ3) is 18.4. The van der Waals surface area contributed by atoms with Crippen molar-refractivity contribution in [3.63, 3.8) is 0 Å². The molecule has 0 unspecified atom stereocenters. The van der Waals surface area contributed by atoms with Crippen LogP contribution in [0.2, 0.25) is 0 Å². The van der Waals surface area contributed by atoms with Crippen LogP contribution in [0.15, 0.2) is 0 Å². The third-order valence-corrected chi connectivity index (χ3v) is 4.89. The van der Waals surface area contributed by atoms with Crippen molar-refractivity contribution in [2.45, 2.75) is 77.6 Å². The van der Waals surface area contributed by atoms with Crippen molar-refractivity contribution < 1.29 is 47.9 Å². The molecule has 22 heavy (non-hydrogen) atoms. The predicted octanol–water partition coefficient (Wildman–Crippen LogP) is -1.03. The molecule has 0 saturated heterocycles. The van der Waals surface area contributed by atoms with Crippen LogP contribution in [-0.4, -0.2) is 26.7 Å². The number of carboxylic acid groups (broad SMARTS) is 1. The van der Waals surface area contributed by atoms with Crippen molar-refractivity contribution in [3.8, 4) is 0 Å². The van der Waals surface area contributed by atoms with Crippen LogP contribution in [-0.2, 0) is 14.8 Å². The van der Waals surface area contributed by atoms with E-state index in [-0.39, 0.29) is 48.3 Å². The molecule has 1 N–H and O–H groups in total. The van der Waals surface area contributed by atoms with Gasteiger partial charge in [0.1, 0.15) is 0 Å². The van der Waals surface area contributed by atoms with E-state index >= 15 is 0 Å². The van der Waals surface area contributed by atoms with Crippen LogP contribution >= 0.6 is 0 Å². The molecular weight excluding hydrogens is 313 g/mol. The molecule has 0 saturated carbocycles. The number of carboxylic acids is 1. The molecule has 0 aromatic rings. The fourth-order valence-corrected chi connectivity index (χ4v) is 3.30. The number of hydrogen-bond acceptors (Lipinski definition) is 4. The molecule has 0 heterocycles. The van der Waals surface area contributed by atoms with Gasteiger partial charge in [-0.05, 0) is 6.42 Å². The molecule has 0 rings (SSSR count). The monoisotopic (exact) mass is 343 g/mol. The Morgan fingerprint density at radius 3 is 1.82 bits per heavy atom. The third-order valence-electron chi connectivity index (χ3n) is 3.42. The molecule has 0 atom stereocenters. The predicted molar refractivity (Wildman–Crippen MR) is 83.3 cm³/mol. The molecule has 0 bridgehead atoms. The molecule has 0 aromatic heterocycles. The number of carbonyl (C=O) groups is 1. The Morgan fingerprint density at radius 2 is 1.36 bits per heavy atom. The van der Waals surface area contributed by atoms with Crippen molar-refractivity contribution >= 4 is 16.0 Å². The average molecular weight is 343 g/mol. The van der Waals surface area contributed by atoms with Gasteiger partial charge in [-0.25, -0.2) is 13.1 Å². The van der Waals surface area contributed by atoms with Gasteiger partial charge in [0.05, 0.1) is 5.75 Å². The maximum Gasteiger partial charge on any atom is 1.00 e. The fraction of sp³-hybridized carbons (Fsp3) is 0.933. The van der Waals surface area contributed by atoms with Crippen LogP contribution < -0.4 is 39.4 Å². The minimum absolute atomic E-state index is 0. The summed E-state index contributed by atoms with van der Waals surface area (Å²) in [5.41, 5.74) is 0. The van der Waals surface area contributed by atoms with E-state index in [2.05, 4.69) is 11.6 Å². The average Bonchev–Trinajstić information content (AvgIpc) is 2.40. The molecule has 0 aliphatic heterocycles. The van der Waals surface area contributed by atoms with Gasteiger partial charge in [-0.1, -0.05) is 64.7 Å². The summed E-state index contributed by atoms with van der Waals surface area (Å²) in [7, 11) is -3.33. The van der Waals surface area contributed by atoms with Gasteiger partial charge in [0, 0.05) is 18.9 Å². The summed E-state index contributed by atoms with van der Waals surface area (Å²) in [4.78, 5) is 10.2. The molecule has 7 heteroatoms. The van der Waals surface area contributed by atoms with Gasteiger partial charge in [-0.15, -0.1) is 0 Å². The first kappa shape index (κ1) is 24.6. The van der Waals surface area contributed by atoms with Crippen LogP contribution in [0.25, 0.3) is 0 Å². The number of hydrogen-bond donors (Lipinski definition) is 1. The normalized spacial score (nSPS) is 11.1. The fourth-order valence-electron chi connectivity index (χ4n) is 2.16. The molecule has 0 aliphatic rings. The molecule has 0 aromatic carbocycles. The summed E-state index contributed by atoms with van der Waals surface area (Å²) in [6.07, 6.45) is 11.3. The summed E-state index contributed by atoms with van der Waals surface area (Å²) < 4.78 is 25.3. The molecule has 0 aliphatic carbocycles. The van der Waals surface area contributed by atoms with Gasteiger partial charge < -0.3 is 9.90 Å². The Hall–Kier alpha value is 0.380. The maximum atomic E-state index is 11.5. The van der Waals surface area contributed by atoms with Crippen LogP contribution in [0, 0.1) is 0 Å². The quantitative estimate of drug-likeness (QED) is 0.304. The smallest absolute Gasteiger partial charge is 0.550 e. The maximum absolute atomic E-state index is 11.5. The molecular formula is C15H30NNaO4S. The summed E-state index contributed by atoms with van der Waals surface area (Å²) in [6, 6.07) is 0. The van der Waals surface area contributed by atoms with Crippen molar-refractivity contribution in [3.05, 3.63) is 0 Å². The van der Waals surface area contributed by atoms with Gasteiger partial charge in [-0.2, -0.15) is 0 Å². The topological polar surface area (TPSA) is 86.3 Å². The molecule has 0 fully saturated rings. The van der Waals surface area contributed by atoms with Gasteiger partial charge in [0.15, 0.2) is 0 Å². The van der Waals surface area contributed by atoms with Crippen LogP contribution in [0.3, 0.4) is 0 Å². The first-order chi connectivity index (χ1) is 9.98. The van der Waals surface area contributed by atoms with Gasteiger partial charge >= 0.3 is 29.6 Å². The van der Waals surface area contributed by atoms with E-state index in [0.717, 1.165) is 12.8 Å². The second-order valence-corrected chi connectivity index (χ2v) is 7.44. The van der Waals surface area contributed by atoms with Gasteiger partial charge in [0.2, 0.25) is 10.0 Å². The minimum Gasteiger partial charge on any atom is -0.550 e. The van der Waals surface area contributed by atoms with E-state index in [9.17, 15) is 18.3 Å². The SMILES string of the molecule is CCCCCCCCCCCCS(=O)(=O)NCCC(=O)[O-].[Na+]. The second-order valence-electron chi connectivity index (χ2n) is 5.52. The number of sulfonamides is 1. The molecule has 0 spiro atoms. The number of nitrogens with one attached hydrogen (secondary N) is 1. The standard InChI is InChI=1S/C15H31NO4S.Na/c1-2-3-4-5-6-7-8-9-10-11-14-21(19,20)16-13-12-15(17)18;/h16H,2-14H2,1H3,(H,17,18);/q;+1/p-1. The van der Waals surface area contributed by atoms with Gasteiger partial charge in [-0.3, -0.25) is 0 Å². The summed E-state index contributed by atoms with van der Waals surface area (Å²) in [6.45, 7) is 2.13. The Morgan fingerprint density at radius 1 is 0.909 bits per heavy atom. The van der Waals surface area contributed by atoms with E-state index < -0.39 is 16.0 Å². The number of unbranched alkanes of at least 4 members (excludes halogenated alkanes) is 9. The second kappa shape index (κ2) is 16.2. The van der Waals surface area contributed by atoms with Crippen molar-refractivity contribution in [2.24, 2.45) is 0 Å². The van der Waals surface area contributed by atoms with Gasteiger partial charge in [0.25, 0.3) is 0 Å². The zero-order chi connectivity index (χ0) is 16.0. The molecule has 0 radical (unpaired) electrons. The summed E-state index contributed by atoms with van der Waals surface area (Å²) in [5, 5.41) is 10.2. The van der Waals surface area contributed by atoms with Crippen LogP contribution in [0.5, 0.6) is 0 Å². The molecule has 0 amide bonds. The van der Waals surface area contributed by atoms with E-state index in [1.807, 2.05) is 0 Å². The largest absolute Gasteiger partial charge is 1.00 e. The first-order valence-electron chi connectivity index (χ1n) is 8.15. The zero-order valence-corrected chi connectivity index (χ0v) is 17.1. The Labute approximate surface area is 158 Å². The Kier molecular flexibility index (Phi) is 18.2. The Bertz CT molecular complexity index is 361. The Balaban J connectivity index is 0. The first-order valence-corrected chi connectivity index (χ1v) is 9.80. The molecule has 126 valence electrons. The van der Waals surface area contributed by atoms with E-state index in [0.29, 0.717) is 6.42 Å². The summed E-state index contributed by atoms with van der Waals surface area (Å²) >= 11 is 0. The number of aliphatic carboxylic acids is 1. The zero-order valence-electron chi connectivity index (χ0n) is 14.2. The van der Waals surface area contributed by atoms with E-state index in [1.54, 1.807) is 0 Å². The van der Waals surface area contributed by atoms with E-state index in [1.165, 1.54) is 44.9 Å².